The second-order valence-corrected chi connectivity index (χ2v) is 7.72. The number of allylic oxidation sites excluding steroid dienone is 3. The van der Waals surface area contributed by atoms with Gasteiger partial charge in [0.2, 0.25) is 5.78 Å². The summed E-state index contributed by atoms with van der Waals surface area (Å²) in [7, 11) is 0. The highest BCUT2D eigenvalue weighted by Crippen LogP contribution is 2.37. The first kappa shape index (κ1) is 20.4. The lowest BCUT2D eigenvalue weighted by Crippen LogP contribution is -2.27. The first-order valence-corrected chi connectivity index (χ1v) is 9.38. The monoisotopic (exact) mass is 392 g/mol. The van der Waals surface area contributed by atoms with Crippen LogP contribution in [-0.2, 0) is 9.53 Å². The number of Topliss-reactive ketones (excluding diaryl/α,β-unsaturated/α-hetero) is 1. The van der Waals surface area contributed by atoms with Crippen molar-refractivity contribution in [3.63, 3.8) is 0 Å². The van der Waals surface area contributed by atoms with Gasteiger partial charge in [0.15, 0.2) is 12.4 Å². The van der Waals surface area contributed by atoms with Crippen LogP contribution in [0.3, 0.4) is 0 Å². The van der Waals surface area contributed by atoms with Crippen molar-refractivity contribution in [2.24, 2.45) is 0 Å². The first-order valence-electron chi connectivity index (χ1n) is 9.38. The molecule has 0 aliphatic carbocycles. The molecule has 0 spiro atoms. The summed E-state index contributed by atoms with van der Waals surface area (Å²) in [4.78, 5) is 24.5. The second-order valence-electron chi connectivity index (χ2n) is 7.72. The molecule has 1 aliphatic heterocycles. The minimum atomic E-state index is -0.573. The van der Waals surface area contributed by atoms with Gasteiger partial charge in [-0.3, -0.25) is 4.79 Å². The molecule has 0 radical (unpaired) electrons. The summed E-state index contributed by atoms with van der Waals surface area (Å²) in [6.45, 7) is 6.98. The number of hydrogen-bond donors (Lipinski definition) is 0. The summed E-state index contributed by atoms with van der Waals surface area (Å²) in [5.74, 6) is 0.488. The van der Waals surface area contributed by atoms with Gasteiger partial charge in [0.05, 0.1) is 5.56 Å². The summed E-state index contributed by atoms with van der Waals surface area (Å²) < 4.78 is 16.5. The summed E-state index contributed by atoms with van der Waals surface area (Å²) in [6.07, 6.45) is 5.33. The Balaban J connectivity index is 1.71. The summed E-state index contributed by atoms with van der Waals surface area (Å²) in [5.41, 5.74) is 1.69. The van der Waals surface area contributed by atoms with Gasteiger partial charge >= 0.3 is 5.97 Å². The zero-order valence-electron chi connectivity index (χ0n) is 17.0. The van der Waals surface area contributed by atoms with Crippen LogP contribution in [0.25, 0.3) is 6.08 Å². The number of ether oxygens (including phenoxy) is 3. The zero-order chi connectivity index (χ0) is 21.0. The maximum atomic E-state index is 12.7. The lowest BCUT2D eigenvalue weighted by Gasteiger charge is -2.19. The fourth-order valence-electron chi connectivity index (χ4n) is 2.90. The molecule has 29 heavy (non-hydrogen) atoms. The number of carbonyl (C=O) groups is 2. The zero-order valence-corrected chi connectivity index (χ0v) is 17.0. The Hall–Kier alpha value is -3.34. The van der Waals surface area contributed by atoms with Crippen LogP contribution in [0.5, 0.6) is 11.5 Å². The van der Waals surface area contributed by atoms with Crippen LogP contribution in [-0.4, -0.2) is 24.0 Å². The second kappa shape index (κ2) is 8.35. The molecule has 0 aromatic heterocycles. The van der Waals surface area contributed by atoms with Gasteiger partial charge in [-0.2, -0.15) is 0 Å². The third-order valence-electron chi connectivity index (χ3n) is 4.06. The van der Waals surface area contributed by atoms with E-state index in [1.807, 2.05) is 43.3 Å². The molecule has 2 aromatic carbocycles. The van der Waals surface area contributed by atoms with Crippen molar-refractivity contribution in [3.05, 3.63) is 77.1 Å². The fraction of sp³-hybridized carbons (Fsp3) is 0.250. The summed E-state index contributed by atoms with van der Waals surface area (Å²) in [5, 5.41) is 0. The molecule has 0 N–H and O–H groups in total. The number of hydrogen-bond acceptors (Lipinski definition) is 5. The Kier molecular flexibility index (Phi) is 5.87. The number of fused-ring (bicyclic) bond motifs is 1. The molecule has 0 saturated heterocycles. The van der Waals surface area contributed by atoms with Crippen molar-refractivity contribution in [1.82, 2.24) is 0 Å². The fourth-order valence-corrected chi connectivity index (χ4v) is 2.90. The third-order valence-corrected chi connectivity index (χ3v) is 4.06. The van der Waals surface area contributed by atoms with E-state index < -0.39 is 11.6 Å². The topological polar surface area (TPSA) is 61.8 Å². The van der Waals surface area contributed by atoms with Crippen molar-refractivity contribution in [2.45, 2.75) is 33.3 Å². The normalized spacial score (nSPS) is 14.8. The molecule has 0 atom stereocenters. The van der Waals surface area contributed by atoms with E-state index in [-0.39, 0.29) is 18.1 Å². The van der Waals surface area contributed by atoms with Gasteiger partial charge < -0.3 is 14.2 Å². The predicted octanol–water partition coefficient (Wildman–Crippen LogP) is 4.89. The summed E-state index contributed by atoms with van der Waals surface area (Å²) in [6, 6.07) is 13.1. The van der Waals surface area contributed by atoms with E-state index in [0.717, 1.165) is 11.1 Å². The molecular weight excluding hydrogens is 368 g/mol. The number of ketones is 1. The van der Waals surface area contributed by atoms with Gasteiger partial charge in [-0.1, -0.05) is 42.5 Å². The molecule has 5 nitrogen and oxygen atoms in total. The number of benzene rings is 2. The molecular formula is C24H24O5. The largest absolute Gasteiger partial charge is 0.482 e. The van der Waals surface area contributed by atoms with Crippen LogP contribution in [0.1, 0.15) is 42.3 Å². The number of esters is 1. The van der Waals surface area contributed by atoms with Gasteiger partial charge in [0.1, 0.15) is 17.1 Å². The smallest absolute Gasteiger partial charge is 0.344 e. The van der Waals surface area contributed by atoms with Crippen molar-refractivity contribution in [1.29, 1.82) is 0 Å². The molecule has 5 heteroatoms. The molecule has 0 bridgehead atoms. The maximum Gasteiger partial charge on any atom is 0.344 e. The molecule has 0 saturated carbocycles. The van der Waals surface area contributed by atoms with Crippen LogP contribution in [0, 0.1) is 6.92 Å². The van der Waals surface area contributed by atoms with Gasteiger partial charge in [-0.15, -0.1) is 0 Å². The van der Waals surface area contributed by atoms with E-state index >= 15 is 0 Å². The van der Waals surface area contributed by atoms with Crippen molar-refractivity contribution >= 4 is 17.8 Å². The van der Waals surface area contributed by atoms with Gasteiger partial charge in [-0.25, -0.2) is 4.79 Å². The van der Waals surface area contributed by atoms with E-state index in [2.05, 4.69) is 0 Å². The van der Waals surface area contributed by atoms with E-state index in [9.17, 15) is 9.59 Å². The maximum absolute atomic E-state index is 12.7. The quantitative estimate of drug-likeness (QED) is 0.536. The minimum Gasteiger partial charge on any atom is -0.482 e. The Morgan fingerprint density at radius 1 is 1.14 bits per heavy atom. The van der Waals surface area contributed by atoms with E-state index in [1.165, 1.54) is 0 Å². The van der Waals surface area contributed by atoms with Crippen molar-refractivity contribution in [2.75, 3.05) is 6.61 Å². The average molecular weight is 392 g/mol. The molecule has 150 valence electrons. The van der Waals surface area contributed by atoms with Crippen LogP contribution < -0.4 is 9.47 Å². The Labute approximate surface area is 170 Å². The molecule has 0 unspecified atom stereocenters. The van der Waals surface area contributed by atoms with Crippen LogP contribution in [0.4, 0.5) is 0 Å². The molecule has 3 rings (SSSR count). The standard InChI is InChI=1S/C24H24O5/c1-16-13-18(27-15-21(25)29-24(2,3)4)14-20-22(16)23(26)19(28-20)12-8-11-17-9-6-5-7-10-17/h5-14H,15H2,1-4H3/b11-8+,19-12-. The van der Waals surface area contributed by atoms with Crippen LogP contribution in [0.2, 0.25) is 0 Å². The molecule has 1 heterocycles. The van der Waals surface area contributed by atoms with E-state index in [4.69, 9.17) is 14.2 Å². The highest BCUT2D eigenvalue weighted by molar-refractivity contribution is 6.13. The molecule has 2 aromatic rings. The molecule has 0 amide bonds. The third kappa shape index (κ3) is 5.35. The summed E-state index contributed by atoms with van der Waals surface area (Å²) >= 11 is 0. The van der Waals surface area contributed by atoms with Crippen molar-refractivity contribution < 1.29 is 23.8 Å². The van der Waals surface area contributed by atoms with Gasteiger partial charge in [0, 0.05) is 6.07 Å². The van der Waals surface area contributed by atoms with E-state index in [0.29, 0.717) is 17.1 Å². The Bertz CT molecular complexity index is 978. The molecule has 0 fully saturated rings. The average Bonchev–Trinajstić information content (AvgIpc) is 2.96. The van der Waals surface area contributed by atoms with Gasteiger partial charge in [0.25, 0.3) is 0 Å². The van der Waals surface area contributed by atoms with Crippen molar-refractivity contribution in [3.8, 4) is 11.5 Å². The Morgan fingerprint density at radius 3 is 2.55 bits per heavy atom. The number of rotatable bonds is 5. The van der Waals surface area contributed by atoms with E-state index in [1.54, 1.807) is 45.1 Å². The number of aryl methyl sites for hydroxylation is 1. The predicted molar refractivity (Wildman–Crippen MR) is 111 cm³/mol. The minimum absolute atomic E-state index is 0.172. The first-order chi connectivity index (χ1) is 13.7. The van der Waals surface area contributed by atoms with Crippen LogP contribution >= 0.6 is 0 Å². The Morgan fingerprint density at radius 2 is 1.86 bits per heavy atom. The van der Waals surface area contributed by atoms with Gasteiger partial charge in [-0.05, 0) is 51.0 Å². The highest BCUT2D eigenvalue weighted by atomic mass is 16.6. The SMILES string of the molecule is Cc1cc(OCC(=O)OC(C)(C)C)cc2c1C(=O)/C(=C/C=C/c1ccccc1)O2. The lowest BCUT2D eigenvalue weighted by atomic mass is 10.0. The number of carbonyl (C=O) groups excluding carboxylic acids is 2. The molecule has 1 aliphatic rings. The lowest BCUT2D eigenvalue weighted by molar-refractivity contribution is -0.157. The highest BCUT2D eigenvalue weighted by Gasteiger charge is 2.29. The van der Waals surface area contributed by atoms with Crippen LogP contribution in [0.15, 0.2) is 60.4 Å².